The zero-order valence-corrected chi connectivity index (χ0v) is 18.0. The van der Waals surface area contributed by atoms with Crippen LogP contribution in [0, 0.1) is 0 Å². The summed E-state index contributed by atoms with van der Waals surface area (Å²) in [5, 5.41) is 2.83. The minimum atomic E-state index is -3.15. The van der Waals surface area contributed by atoms with Gasteiger partial charge in [0.1, 0.15) is 0 Å². The molecule has 0 aliphatic heterocycles. The summed E-state index contributed by atoms with van der Waals surface area (Å²) in [6, 6.07) is 13.7. The number of rotatable bonds is 8. The van der Waals surface area contributed by atoms with Crippen molar-refractivity contribution in [2.24, 2.45) is 0 Å². The van der Waals surface area contributed by atoms with E-state index in [0.29, 0.717) is 11.3 Å². The largest absolute Gasteiger partial charge is 0.449 e. The number of esters is 1. The first kappa shape index (κ1) is 22.6. The Hall–Kier alpha value is -2.67. The second-order valence-electron chi connectivity index (χ2n) is 7.20. The Morgan fingerprint density at radius 2 is 1.66 bits per heavy atom. The van der Waals surface area contributed by atoms with Crippen LogP contribution in [-0.2, 0) is 25.1 Å². The lowest BCUT2D eigenvalue weighted by Gasteiger charge is -2.18. The minimum absolute atomic E-state index is 0.100. The van der Waals surface area contributed by atoms with Gasteiger partial charge in [-0.1, -0.05) is 44.2 Å². The number of ether oxygens (including phenoxy) is 1. The molecule has 0 fully saturated rings. The van der Waals surface area contributed by atoms with Crippen molar-refractivity contribution in [3.05, 3.63) is 65.2 Å². The molecule has 0 aromatic heterocycles. The van der Waals surface area contributed by atoms with Crippen LogP contribution < -0.4 is 5.32 Å². The fraction of sp³-hybridized carbons (Fsp3) is 0.364. The van der Waals surface area contributed by atoms with Crippen molar-refractivity contribution in [1.82, 2.24) is 0 Å². The number of hydrogen-bond acceptors (Lipinski definition) is 5. The monoisotopic (exact) mass is 417 g/mol. The third kappa shape index (κ3) is 6.71. The molecule has 2 aromatic carbocycles. The number of para-hydroxylation sites is 1. The molecule has 7 heteroatoms. The van der Waals surface area contributed by atoms with Gasteiger partial charge in [0.05, 0.1) is 11.3 Å². The lowest BCUT2D eigenvalue weighted by molar-refractivity contribution is -0.123. The van der Waals surface area contributed by atoms with Crippen molar-refractivity contribution in [2.75, 3.05) is 11.6 Å². The maximum atomic E-state index is 12.5. The predicted octanol–water partition coefficient (Wildman–Crippen LogP) is 3.93. The van der Waals surface area contributed by atoms with Crippen LogP contribution >= 0.6 is 0 Å². The zero-order chi connectivity index (χ0) is 21.6. The van der Waals surface area contributed by atoms with E-state index in [1.807, 2.05) is 24.3 Å². The fourth-order valence-corrected chi connectivity index (χ4v) is 3.61. The lowest BCUT2D eigenvalue weighted by atomic mass is 9.97. The van der Waals surface area contributed by atoms with Gasteiger partial charge in [0, 0.05) is 11.9 Å². The standard InChI is InChI=1S/C22H27NO5S/c1-5-15(2)19-8-6-7-9-20(19)23-21(24)16(3)28-22(25)18-12-10-17(11-13-18)14-29(4,26)27/h6-13,15-16H,5,14H2,1-4H3,(H,23,24)/t15-,16-/m1/s1. The molecule has 0 saturated carbocycles. The smallest absolute Gasteiger partial charge is 0.338 e. The first-order valence-electron chi connectivity index (χ1n) is 9.48. The predicted molar refractivity (Wildman–Crippen MR) is 114 cm³/mol. The van der Waals surface area contributed by atoms with Gasteiger partial charge in [0.25, 0.3) is 5.91 Å². The Morgan fingerprint density at radius 1 is 1.03 bits per heavy atom. The molecule has 1 N–H and O–H groups in total. The van der Waals surface area contributed by atoms with Crippen LogP contribution in [0.5, 0.6) is 0 Å². The third-order valence-electron chi connectivity index (χ3n) is 4.63. The highest BCUT2D eigenvalue weighted by Gasteiger charge is 2.20. The van der Waals surface area contributed by atoms with Crippen molar-refractivity contribution in [3.8, 4) is 0 Å². The van der Waals surface area contributed by atoms with E-state index >= 15 is 0 Å². The molecule has 0 saturated heterocycles. The minimum Gasteiger partial charge on any atom is -0.449 e. The first-order valence-corrected chi connectivity index (χ1v) is 11.5. The Morgan fingerprint density at radius 3 is 2.24 bits per heavy atom. The molecule has 29 heavy (non-hydrogen) atoms. The van der Waals surface area contributed by atoms with Crippen LogP contribution in [0.15, 0.2) is 48.5 Å². The summed E-state index contributed by atoms with van der Waals surface area (Å²) < 4.78 is 27.9. The van der Waals surface area contributed by atoms with Gasteiger partial charge in [-0.2, -0.15) is 0 Å². The highest BCUT2D eigenvalue weighted by Crippen LogP contribution is 2.26. The lowest BCUT2D eigenvalue weighted by Crippen LogP contribution is -2.30. The molecule has 0 unspecified atom stereocenters. The van der Waals surface area contributed by atoms with E-state index in [2.05, 4.69) is 19.2 Å². The van der Waals surface area contributed by atoms with Crippen molar-refractivity contribution in [2.45, 2.75) is 45.0 Å². The Balaban J connectivity index is 2.02. The molecule has 0 aliphatic carbocycles. The summed E-state index contributed by atoms with van der Waals surface area (Å²) >= 11 is 0. The second kappa shape index (κ2) is 9.69. The third-order valence-corrected chi connectivity index (χ3v) is 5.49. The molecule has 0 aliphatic rings. The quantitative estimate of drug-likeness (QED) is 0.658. The Bertz CT molecular complexity index is 967. The van der Waals surface area contributed by atoms with Crippen molar-refractivity contribution in [1.29, 1.82) is 0 Å². The van der Waals surface area contributed by atoms with E-state index < -0.39 is 27.8 Å². The van der Waals surface area contributed by atoms with Gasteiger partial charge in [-0.05, 0) is 48.6 Å². The number of sulfone groups is 1. The zero-order valence-electron chi connectivity index (χ0n) is 17.1. The summed E-state index contributed by atoms with van der Waals surface area (Å²) in [5.74, 6) is -0.872. The number of hydrogen-bond donors (Lipinski definition) is 1. The van der Waals surface area contributed by atoms with Gasteiger partial charge in [-0.25, -0.2) is 13.2 Å². The molecule has 6 nitrogen and oxygen atoms in total. The maximum Gasteiger partial charge on any atom is 0.338 e. The second-order valence-corrected chi connectivity index (χ2v) is 9.34. The van der Waals surface area contributed by atoms with Gasteiger partial charge in [0.15, 0.2) is 15.9 Å². The van der Waals surface area contributed by atoms with Crippen LogP contribution in [-0.4, -0.2) is 32.7 Å². The Labute approximate surface area is 172 Å². The summed E-state index contributed by atoms with van der Waals surface area (Å²) in [6.45, 7) is 5.67. The summed E-state index contributed by atoms with van der Waals surface area (Å²) in [4.78, 5) is 24.8. The Kier molecular flexibility index (Phi) is 7.56. The van der Waals surface area contributed by atoms with Crippen LogP contribution in [0.3, 0.4) is 0 Å². The van der Waals surface area contributed by atoms with Crippen LogP contribution in [0.4, 0.5) is 5.69 Å². The van der Waals surface area contributed by atoms with E-state index in [1.54, 1.807) is 12.1 Å². The first-order chi connectivity index (χ1) is 13.6. The van der Waals surface area contributed by atoms with E-state index in [4.69, 9.17) is 4.74 Å². The molecule has 2 rings (SSSR count). The maximum absolute atomic E-state index is 12.5. The molecule has 2 atom stereocenters. The molecule has 0 spiro atoms. The van der Waals surface area contributed by atoms with Crippen LogP contribution in [0.2, 0.25) is 0 Å². The number of benzene rings is 2. The molecule has 0 radical (unpaired) electrons. The summed E-state index contributed by atoms with van der Waals surface area (Å²) in [6.07, 6.45) is 1.10. The molecular weight excluding hydrogens is 390 g/mol. The molecule has 0 heterocycles. The number of amides is 1. The molecule has 0 bridgehead atoms. The van der Waals surface area contributed by atoms with E-state index in [1.165, 1.54) is 19.1 Å². The highest BCUT2D eigenvalue weighted by atomic mass is 32.2. The highest BCUT2D eigenvalue weighted by molar-refractivity contribution is 7.89. The van der Waals surface area contributed by atoms with Crippen LogP contribution in [0.25, 0.3) is 0 Å². The average Bonchev–Trinajstić information content (AvgIpc) is 2.67. The summed E-state index contributed by atoms with van der Waals surface area (Å²) in [5.41, 5.74) is 2.57. The van der Waals surface area contributed by atoms with Gasteiger partial charge < -0.3 is 10.1 Å². The van der Waals surface area contributed by atoms with E-state index in [9.17, 15) is 18.0 Å². The number of carbonyl (C=O) groups excluding carboxylic acids is 2. The normalized spacial score (nSPS) is 13.4. The average molecular weight is 418 g/mol. The topological polar surface area (TPSA) is 89.5 Å². The van der Waals surface area contributed by atoms with Gasteiger partial charge in [0.2, 0.25) is 0 Å². The van der Waals surface area contributed by atoms with Crippen molar-refractivity contribution in [3.63, 3.8) is 0 Å². The number of anilines is 1. The van der Waals surface area contributed by atoms with Gasteiger partial charge in [-0.15, -0.1) is 0 Å². The molecular formula is C22H27NO5S. The number of carbonyl (C=O) groups is 2. The van der Waals surface area contributed by atoms with Gasteiger partial charge in [-0.3, -0.25) is 4.79 Å². The number of nitrogens with one attached hydrogen (secondary N) is 1. The SMILES string of the molecule is CC[C@@H](C)c1ccccc1NC(=O)[C@@H](C)OC(=O)c1ccc(CS(C)(=O)=O)cc1. The molecule has 156 valence electrons. The summed E-state index contributed by atoms with van der Waals surface area (Å²) in [7, 11) is -3.15. The van der Waals surface area contributed by atoms with E-state index in [-0.39, 0.29) is 17.2 Å². The van der Waals surface area contributed by atoms with Crippen molar-refractivity contribution < 1.29 is 22.7 Å². The fourth-order valence-electron chi connectivity index (χ4n) is 2.82. The molecule has 2 aromatic rings. The van der Waals surface area contributed by atoms with Crippen molar-refractivity contribution >= 4 is 27.4 Å². The van der Waals surface area contributed by atoms with Crippen LogP contribution in [0.1, 0.15) is 54.6 Å². The van der Waals surface area contributed by atoms with Gasteiger partial charge >= 0.3 is 5.97 Å². The van der Waals surface area contributed by atoms with E-state index in [0.717, 1.165) is 18.2 Å². The molecule has 1 amide bonds.